The minimum atomic E-state index is -3.77. The number of halogens is 1. The first-order valence-electron chi connectivity index (χ1n) is 6.90. The predicted octanol–water partition coefficient (Wildman–Crippen LogP) is 3.63. The number of benzene rings is 2. The molecule has 0 radical (unpaired) electrons. The molecular formula is C16H16ClNO4S. The van der Waals surface area contributed by atoms with E-state index < -0.39 is 16.0 Å². The van der Waals surface area contributed by atoms with Crippen LogP contribution in [0.3, 0.4) is 0 Å². The van der Waals surface area contributed by atoms with Crippen molar-refractivity contribution < 1.29 is 17.9 Å². The second-order valence-corrected chi connectivity index (χ2v) is 6.88. The number of rotatable bonds is 5. The number of nitrogens with one attached hydrogen (secondary N) is 1. The monoisotopic (exact) mass is 353 g/mol. The van der Waals surface area contributed by atoms with Crippen LogP contribution >= 0.6 is 11.6 Å². The molecule has 0 saturated carbocycles. The number of anilines is 1. The number of sulfonamides is 1. The van der Waals surface area contributed by atoms with Crippen molar-refractivity contribution in [1.29, 1.82) is 0 Å². The van der Waals surface area contributed by atoms with Crippen LogP contribution in [-0.4, -0.2) is 21.0 Å². The zero-order valence-corrected chi connectivity index (χ0v) is 14.2. The molecule has 0 bridgehead atoms. The Morgan fingerprint density at radius 3 is 2.43 bits per heavy atom. The zero-order valence-electron chi connectivity index (χ0n) is 12.7. The van der Waals surface area contributed by atoms with Crippen LogP contribution in [0.1, 0.15) is 22.8 Å². The molecule has 7 heteroatoms. The van der Waals surface area contributed by atoms with Crippen LogP contribution in [0.5, 0.6) is 0 Å². The van der Waals surface area contributed by atoms with Crippen molar-refractivity contribution in [2.24, 2.45) is 0 Å². The fourth-order valence-electron chi connectivity index (χ4n) is 1.99. The van der Waals surface area contributed by atoms with Crippen LogP contribution < -0.4 is 4.72 Å². The molecular weight excluding hydrogens is 338 g/mol. The van der Waals surface area contributed by atoms with Crippen LogP contribution in [0.25, 0.3) is 0 Å². The molecule has 0 aliphatic carbocycles. The molecule has 0 spiro atoms. The highest BCUT2D eigenvalue weighted by atomic mass is 35.5. The van der Waals surface area contributed by atoms with Crippen LogP contribution in [0, 0.1) is 6.92 Å². The standard InChI is InChI=1S/C16H16ClNO4S/c1-3-22-16(19)14-5-4-6-15(11(14)2)18-23(20,21)13-9-7-12(17)8-10-13/h4-10,18H,3H2,1-2H3. The average molecular weight is 354 g/mol. The largest absolute Gasteiger partial charge is 0.462 e. The highest BCUT2D eigenvalue weighted by Crippen LogP contribution is 2.23. The molecule has 5 nitrogen and oxygen atoms in total. The second-order valence-electron chi connectivity index (χ2n) is 4.76. The van der Waals surface area contributed by atoms with E-state index in [0.717, 1.165) is 0 Å². The summed E-state index contributed by atoms with van der Waals surface area (Å²) in [6.07, 6.45) is 0. The summed E-state index contributed by atoms with van der Waals surface area (Å²) in [4.78, 5) is 12.0. The Morgan fingerprint density at radius 1 is 1.17 bits per heavy atom. The normalized spacial score (nSPS) is 11.1. The van der Waals surface area contributed by atoms with Gasteiger partial charge in [-0.05, 0) is 55.8 Å². The quantitative estimate of drug-likeness (QED) is 0.833. The number of esters is 1. The van der Waals surface area contributed by atoms with Gasteiger partial charge in [-0.1, -0.05) is 17.7 Å². The van der Waals surface area contributed by atoms with Gasteiger partial charge in [-0.2, -0.15) is 0 Å². The molecule has 2 aromatic carbocycles. The third-order valence-electron chi connectivity index (χ3n) is 3.20. The highest BCUT2D eigenvalue weighted by molar-refractivity contribution is 7.92. The van der Waals surface area contributed by atoms with E-state index in [1.54, 1.807) is 32.0 Å². The fourth-order valence-corrected chi connectivity index (χ4v) is 3.24. The lowest BCUT2D eigenvalue weighted by Gasteiger charge is -2.13. The molecule has 0 aromatic heterocycles. The number of hydrogen-bond acceptors (Lipinski definition) is 4. The third kappa shape index (κ3) is 4.03. The summed E-state index contributed by atoms with van der Waals surface area (Å²) >= 11 is 5.77. The molecule has 23 heavy (non-hydrogen) atoms. The van der Waals surface area contributed by atoms with Crippen molar-refractivity contribution in [2.75, 3.05) is 11.3 Å². The lowest BCUT2D eigenvalue weighted by atomic mass is 10.1. The Kier molecular flexibility index (Phi) is 5.28. The average Bonchev–Trinajstić information content (AvgIpc) is 2.50. The van der Waals surface area contributed by atoms with E-state index in [-0.39, 0.29) is 11.5 Å². The maximum atomic E-state index is 12.4. The SMILES string of the molecule is CCOC(=O)c1cccc(NS(=O)(=O)c2ccc(Cl)cc2)c1C. The highest BCUT2D eigenvalue weighted by Gasteiger charge is 2.18. The molecule has 0 unspecified atom stereocenters. The van der Waals surface area contributed by atoms with Crippen molar-refractivity contribution in [3.63, 3.8) is 0 Å². The van der Waals surface area contributed by atoms with Gasteiger partial charge in [0.2, 0.25) is 0 Å². The van der Waals surface area contributed by atoms with Gasteiger partial charge in [0, 0.05) is 5.02 Å². The molecule has 2 rings (SSSR count). The summed E-state index contributed by atoms with van der Waals surface area (Å²) in [6, 6.07) is 10.6. The van der Waals surface area contributed by atoms with E-state index in [9.17, 15) is 13.2 Å². The minimum Gasteiger partial charge on any atom is -0.462 e. The number of carbonyl (C=O) groups is 1. The third-order valence-corrected chi connectivity index (χ3v) is 4.83. The van der Waals surface area contributed by atoms with Crippen LogP contribution in [-0.2, 0) is 14.8 Å². The lowest BCUT2D eigenvalue weighted by molar-refractivity contribution is 0.0525. The Labute approximate surface area is 140 Å². The summed E-state index contributed by atoms with van der Waals surface area (Å²) in [6.45, 7) is 3.62. The first-order chi connectivity index (χ1) is 10.8. The summed E-state index contributed by atoms with van der Waals surface area (Å²) in [7, 11) is -3.77. The number of ether oxygens (including phenoxy) is 1. The molecule has 1 N–H and O–H groups in total. The maximum absolute atomic E-state index is 12.4. The van der Waals surface area contributed by atoms with Crippen LogP contribution in [0.2, 0.25) is 5.02 Å². The van der Waals surface area contributed by atoms with E-state index in [1.165, 1.54) is 24.3 Å². The van der Waals surface area contributed by atoms with Crippen molar-refractivity contribution in [1.82, 2.24) is 0 Å². The topological polar surface area (TPSA) is 72.5 Å². The Hall–Kier alpha value is -2.05. The number of carbonyl (C=O) groups excluding carboxylic acids is 1. The van der Waals surface area contributed by atoms with E-state index in [1.807, 2.05) is 0 Å². The summed E-state index contributed by atoms with van der Waals surface area (Å²) < 4.78 is 32.2. The molecule has 0 aliphatic heterocycles. The van der Waals surface area contributed by atoms with Gasteiger partial charge in [-0.25, -0.2) is 13.2 Å². The first kappa shape index (κ1) is 17.3. The van der Waals surface area contributed by atoms with Gasteiger partial charge in [0.1, 0.15) is 0 Å². The molecule has 0 aliphatic rings. The Morgan fingerprint density at radius 2 is 1.83 bits per heavy atom. The fraction of sp³-hybridized carbons (Fsp3) is 0.188. The Balaban J connectivity index is 2.34. The Bertz CT molecular complexity index is 816. The predicted molar refractivity (Wildman–Crippen MR) is 89.4 cm³/mol. The molecule has 0 heterocycles. The lowest BCUT2D eigenvalue weighted by Crippen LogP contribution is -2.15. The maximum Gasteiger partial charge on any atom is 0.338 e. The molecule has 2 aromatic rings. The molecule has 0 saturated heterocycles. The van der Waals surface area contributed by atoms with E-state index >= 15 is 0 Å². The van der Waals surface area contributed by atoms with Gasteiger partial charge in [0.05, 0.1) is 22.8 Å². The van der Waals surface area contributed by atoms with Gasteiger partial charge < -0.3 is 4.74 Å². The molecule has 0 amide bonds. The van der Waals surface area contributed by atoms with E-state index in [2.05, 4.69) is 4.72 Å². The van der Waals surface area contributed by atoms with Crippen molar-refractivity contribution in [3.8, 4) is 0 Å². The first-order valence-corrected chi connectivity index (χ1v) is 8.76. The molecule has 0 atom stereocenters. The summed E-state index contributed by atoms with van der Waals surface area (Å²) in [5, 5.41) is 0.449. The van der Waals surface area contributed by atoms with Gasteiger partial charge in [0.15, 0.2) is 0 Å². The number of hydrogen-bond donors (Lipinski definition) is 1. The van der Waals surface area contributed by atoms with Crippen molar-refractivity contribution in [2.45, 2.75) is 18.7 Å². The van der Waals surface area contributed by atoms with Crippen molar-refractivity contribution >= 4 is 33.3 Å². The van der Waals surface area contributed by atoms with Gasteiger partial charge in [-0.3, -0.25) is 4.72 Å². The summed E-state index contributed by atoms with van der Waals surface area (Å²) in [5.41, 5.74) is 1.15. The second kappa shape index (κ2) is 7.02. The van der Waals surface area contributed by atoms with Crippen molar-refractivity contribution in [3.05, 3.63) is 58.6 Å². The molecule has 122 valence electrons. The van der Waals surface area contributed by atoms with Crippen LogP contribution in [0.15, 0.2) is 47.4 Å². The van der Waals surface area contributed by atoms with Gasteiger partial charge >= 0.3 is 5.97 Å². The van der Waals surface area contributed by atoms with Gasteiger partial charge in [0.25, 0.3) is 10.0 Å². The smallest absolute Gasteiger partial charge is 0.338 e. The zero-order chi connectivity index (χ0) is 17.0. The van der Waals surface area contributed by atoms with E-state index in [0.29, 0.717) is 21.8 Å². The molecule has 0 fully saturated rings. The van der Waals surface area contributed by atoms with Crippen LogP contribution in [0.4, 0.5) is 5.69 Å². The minimum absolute atomic E-state index is 0.0860. The summed E-state index contributed by atoms with van der Waals surface area (Å²) in [5.74, 6) is -0.488. The van der Waals surface area contributed by atoms with E-state index in [4.69, 9.17) is 16.3 Å². The van der Waals surface area contributed by atoms with Gasteiger partial charge in [-0.15, -0.1) is 0 Å².